The van der Waals surface area contributed by atoms with E-state index >= 15 is 8.78 Å². The number of carbonyl (C=O) groups is 2. The molecule has 5 rings (SSSR count). The molecule has 0 unspecified atom stereocenters. The molecule has 0 radical (unpaired) electrons. The van der Waals surface area contributed by atoms with Gasteiger partial charge in [0, 0.05) is 29.7 Å². The van der Waals surface area contributed by atoms with E-state index in [1.807, 2.05) is 39.0 Å². The van der Waals surface area contributed by atoms with Crippen LogP contribution >= 0.6 is 0 Å². The molecule has 2 aliphatic heterocycles. The first-order valence-electron chi connectivity index (χ1n) is 16.9. The molecule has 0 saturated carbocycles. The van der Waals surface area contributed by atoms with Crippen molar-refractivity contribution in [2.75, 3.05) is 0 Å². The molecule has 2 aromatic carbocycles. The Bertz CT molecular complexity index is 1710. The Morgan fingerprint density at radius 3 is 2.53 bits per heavy atom. The third kappa shape index (κ3) is 7.58. The topological polar surface area (TPSA) is 92.3 Å². The van der Waals surface area contributed by atoms with Crippen LogP contribution in [0.3, 0.4) is 0 Å². The zero-order valence-electron chi connectivity index (χ0n) is 29.4. The summed E-state index contributed by atoms with van der Waals surface area (Å²) >= 11 is 0. The number of alkyl carbamates (subject to hydrolysis) is 1. The van der Waals surface area contributed by atoms with Crippen molar-refractivity contribution in [3.8, 4) is 5.75 Å². The first-order chi connectivity index (χ1) is 22.9. The summed E-state index contributed by atoms with van der Waals surface area (Å²) in [5, 5.41) is 6.17. The highest BCUT2D eigenvalue weighted by Gasteiger charge is 2.52. The maximum atomic E-state index is 15.7. The summed E-state index contributed by atoms with van der Waals surface area (Å²) < 4.78 is 43.2. The molecule has 0 bridgehead atoms. The highest BCUT2D eigenvalue weighted by atomic mass is 19.3. The van der Waals surface area contributed by atoms with E-state index in [2.05, 4.69) is 30.4 Å². The molecule has 8 nitrogen and oxygen atoms in total. The maximum absolute atomic E-state index is 15.7. The average molecular weight is 675 g/mol. The fraction of sp³-hybridized carbons (Fsp3) is 0.462. The number of ether oxygens (including phenoxy) is 2. The van der Waals surface area contributed by atoms with Crippen molar-refractivity contribution in [1.82, 2.24) is 15.5 Å². The minimum absolute atomic E-state index is 0.00778. The number of amides is 2. The Morgan fingerprint density at radius 1 is 1.14 bits per heavy atom. The third-order valence-electron chi connectivity index (χ3n) is 9.39. The van der Waals surface area contributed by atoms with Gasteiger partial charge in [-0.2, -0.15) is 0 Å². The molecule has 2 heterocycles. The largest absolute Gasteiger partial charge is 0.487 e. The van der Waals surface area contributed by atoms with Gasteiger partial charge in [-0.05, 0) is 88.8 Å². The molecule has 0 saturated heterocycles. The number of nitrogens with zero attached hydrogens (tertiary/aromatic N) is 2. The lowest BCUT2D eigenvalue weighted by Crippen LogP contribution is -2.55. The lowest BCUT2D eigenvalue weighted by molar-refractivity contribution is -0.132. The number of allylic oxidation sites excluding steroid dienone is 1. The van der Waals surface area contributed by atoms with Gasteiger partial charge >= 0.3 is 6.09 Å². The minimum Gasteiger partial charge on any atom is -0.487 e. The number of fused-ring (bicyclic) bond motifs is 2. The molecular formula is C39H48F2N4O4. The van der Waals surface area contributed by atoms with Gasteiger partial charge in [0.1, 0.15) is 17.0 Å². The molecule has 2 amide bonds. The van der Waals surface area contributed by atoms with E-state index in [1.54, 1.807) is 45.1 Å². The number of aliphatic imine (C=N–C) groups is 1. The number of rotatable bonds is 9. The quantitative estimate of drug-likeness (QED) is 0.259. The lowest BCUT2D eigenvalue weighted by Gasteiger charge is -2.41. The predicted octanol–water partition coefficient (Wildman–Crippen LogP) is 8.96. The van der Waals surface area contributed by atoms with Crippen molar-refractivity contribution >= 4 is 29.7 Å². The van der Waals surface area contributed by atoms with Crippen molar-refractivity contribution in [1.29, 1.82) is 0 Å². The first kappa shape index (κ1) is 35.8. The molecule has 262 valence electrons. The smallest absolute Gasteiger partial charge is 0.414 e. The van der Waals surface area contributed by atoms with Crippen LogP contribution in [-0.4, -0.2) is 39.6 Å². The Morgan fingerprint density at radius 2 is 1.88 bits per heavy atom. The van der Waals surface area contributed by atoms with Gasteiger partial charge in [0.05, 0.1) is 24.0 Å². The number of guanidine groups is 1. The number of hydrogen-bond acceptors (Lipinski definition) is 6. The zero-order chi connectivity index (χ0) is 35.9. The van der Waals surface area contributed by atoms with E-state index in [9.17, 15) is 9.59 Å². The van der Waals surface area contributed by atoms with Crippen LogP contribution in [0.25, 0.3) is 11.8 Å². The first-order valence-corrected chi connectivity index (χ1v) is 16.9. The van der Waals surface area contributed by atoms with Gasteiger partial charge in [0.25, 0.3) is 5.92 Å². The summed E-state index contributed by atoms with van der Waals surface area (Å²) in [6.07, 6.45) is 4.29. The number of halogens is 2. The molecule has 49 heavy (non-hydrogen) atoms. The monoisotopic (exact) mass is 674 g/mol. The van der Waals surface area contributed by atoms with E-state index in [0.717, 1.165) is 16.9 Å². The van der Waals surface area contributed by atoms with Gasteiger partial charge in [-0.15, -0.1) is 6.58 Å². The van der Waals surface area contributed by atoms with Gasteiger partial charge in [-0.1, -0.05) is 50.4 Å². The number of benzene rings is 2. The minimum atomic E-state index is -3.22. The standard InChI is InChI=1S/C39H48F2N4O4/c1-10-13-18-38(12-3)23-33(46)45(34(44-38)43-35(47)49-36(5,6)7)31-22-39(40,41)29-16-15-26(20-27(29)31)24(4)42-30-21-37(8,9)48-32-17-14-25(11-2)19-28(30)32/h10-11,14-17,19-20,30-31,42H,1-2,4,12-13,18,21-23H2,3,5-9H3,(H,43,44,47)/t30-,31+,38+/m0/s1. The summed E-state index contributed by atoms with van der Waals surface area (Å²) in [7, 11) is 0. The van der Waals surface area contributed by atoms with Crippen molar-refractivity contribution < 1.29 is 27.8 Å². The summed E-state index contributed by atoms with van der Waals surface area (Å²) in [6.45, 7) is 23.1. The second-order valence-electron chi connectivity index (χ2n) is 14.9. The molecule has 10 heteroatoms. The van der Waals surface area contributed by atoms with Crippen molar-refractivity contribution in [2.24, 2.45) is 4.99 Å². The highest BCUT2D eigenvalue weighted by molar-refractivity contribution is 6.05. The van der Waals surface area contributed by atoms with Gasteiger partial charge in [-0.25, -0.2) is 18.6 Å². The molecule has 0 fully saturated rings. The van der Waals surface area contributed by atoms with E-state index in [1.165, 1.54) is 11.0 Å². The Labute approximate surface area is 288 Å². The Hall–Kier alpha value is -4.47. The van der Waals surface area contributed by atoms with Crippen LogP contribution in [0.5, 0.6) is 5.75 Å². The zero-order valence-corrected chi connectivity index (χ0v) is 29.4. The number of hydrogen-bond donors (Lipinski definition) is 2. The van der Waals surface area contributed by atoms with E-state index < -0.39 is 47.1 Å². The van der Waals surface area contributed by atoms with Crippen LogP contribution in [0, 0.1) is 0 Å². The molecule has 0 spiro atoms. The van der Waals surface area contributed by atoms with E-state index in [-0.39, 0.29) is 29.5 Å². The van der Waals surface area contributed by atoms with Crippen LogP contribution in [0.4, 0.5) is 13.6 Å². The van der Waals surface area contributed by atoms with Crippen molar-refractivity contribution in [3.63, 3.8) is 0 Å². The second kappa shape index (κ2) is 13.1. The summed E-state index contributed by atoms with van der Waals surface area (Å²) in [5.41, 5.74) is 1.01. The van der Waals surface area contributed by atoms with Crippen molar-refractivity contribution in [3.05, 3.63) is 90.0 Å². The number of alkyl halides is 2. The van der Waals surface area contributed by atoms with Crippen LogP contribution in [0.2, 0.25) is 0 Å². The van der Waals surface area contributed by atoms with E-state index in [4.69, 9.17) is 14.5 Å². The average Bonchev–Trinajstić information content (AvgIpc) is 3.27. The van der Waals surface area contributed by atoms with E-state index in [0.29, 0.717) is 36.9 Å². The fourth-order valence-electron chi connectivity index (χ4n) is 6.98. The molecule has 2 N–H and O–H groups in total. The molecule has 0 aromatic heterocycles. The Balaban J connectivity index is 1.52. The van der Waals surface area contributed by atoms with Gasteiger partial charge in [0.15, 0.2) is 0 Å². The molecule has 1 aliphatic carbocycles. The summed E-state index contributed by atoms with van der Waals surface area (Å²) in [4.78, 5) is 33.2. The maximum Gasteiger partial charge on any atom is 0.414 e. The normalized spacial score (nSPS) is 23.7. The predicted molar refractivity (Wildman–Crippen MR) is 189 cm³/mol. The number of nitrogens with one attached hydrogen (secondary N) is 2. The SMILES string of the molecule is C=CCC[C@]1(CC)CC(=O)N([C@@H]2CC(F)(F)c3ccc(C(=C)N[C@H]4CC(C)(C)Oc5ccc(C=C)cc54)cc32)C(NC(=O)OC(C)(C)C)=N1. The second-order valence-corrected chi connectivity index (χ2v) is 14.9. The summed E-state index contributed by atoms with van der Waals surface area (Å²) in [5.74, 6) is -2.96. The van der Waals surface area contributed by atoms with Crippen molar-refractivity contribution in [2.45, 2.75) is 115 Å². The summed E-state index contributed by atoms with van der Waals surface area (Å²) in [6, 6.07) is 9.33. The fourth-order valence-corrected chi connectivity index (χ4v) is 6.98. The number of carbonyl (C=O) groups excluding carboxylic acids is 2. The van der Waals surface area contributed by atoms with Gasteiger partial charge in [0.2, 0.25) is 11.9 Å². The van der Waals surface area contributed by atoms with Gasteiger partial charge < -0.3 is 14.8 Å². The van der Waals surface area contributed by atoms with Crippen LogP contribution in [0.15, 0.2) is 67.2 Å². The lowest BCUT2D eigenvalue weighted by atomic mass is 9.85. The molecule has 3 atom stereocenters. The Kier molecular flexibility index (Phi) is 9.58. The van der Waals surface area contributed by atoms with Gasteiger partial charge in [-0.3, -0.25) is 15.0 Å². The van der Waals surface area contributed by atoms with Crippen LogP contribution < -0.4 is 15.4 Å². The molecule has 2 aromatic rings. The molecular weight excluding hydrogens is 626 g/mol. The van der Waals surface area contributed by atoms with Crippen LogP contribution in [-0.2, 0) is 15.5 Å². The molecule has 3 aliphatic rings. The third-order valence-corrected chi connectivity index (χ3v) is 9.39. The highest BCUT2D eigenvalue weighted by Crippen LogP contribution is 2.51. The van der Waals surface area contributed by atoms with Crippen LogP contribution in [0.1, 0.15) is 120 Å².